The highest BCUT2D eigenvalue weighted by atomic mass is 16.5. The van der Waals surface area contributed by atoms with Gasteiger partial charge in [0.2, 0.25) is 0 Å². The molecular weight excluding hydrogens is 198 g/mol. The monoisotopic (exact) mass is 217 g/mol. The standard InChI is InChI=1S/C10H19NO4/c1-2-15-10(14)8(11)6-4-3-5-7-9(12)13/h8H,2-7,11H2,1H3,(H,12,13). The first kappa shape index (κ1) is 13.9. The molecule has 0 aliphatic heterocycles. The summed E-state index contributed by atoms with van der Waals surface area (Å²) in [5.74, 6) is -1.17. The largest absolute Gasteiger partial charge is 0.481 e. The molecule has 5 nitrogen and oxygen atoms in total. The molecule has 0 amide bonds. The first-order valence-corrected chi connectivity index (χ1v) is 5.22. The molecule has 0 spiro atoms. The number of nitrogens with two attached hydrogens (primary N) is 1. The van der Waals surface area contributed by atoms with E-state index in [0.29, 0.717) is 19.4 Å². The zero-order valence-corrected chi connectivity index (χ0v) is 9.07. The highest BCUT2D eigenvalue weighted by Crippen LogP contribution is 2.05. The average Bonchev–Trinajstić information content (AvgIpc) is 2.16. The zero-order valence-electron chi connectivity index (χ0n) is 9.07. The molecule has 0 bridgehead atoms. The molecule has 0 aliphatic carbocycles. The van der Waals surface area contributed by atoms with Crippen LogP contribution < -0.4 is 5.73 Å². The lowest BCUT2D eigenvalue weighted by molar-refractivity contribution is -0.145. The maximum atomic E-state index is 11.1. The van der Waals surface area contributed by atoms with Gasteiger partial charge in [-0.15, -0.1) is 0 Å². The van der Waals surface area contributed by atoms with E-state index in [1.165, 1.54) is 0 Å². The molecule has 0 saturated carbocycles. The van der Waals surface area contributed by atoms with Crippen LogP contribution in [0.25, 0.3) is 0 Å². The molecule has 0 heterocycles. The quantitative estimate of drug-likeness (QED) is 0.466. The van der Waals surface area contributed by atoms with Gasteiger partial charge >= 0.3 is 11.9 Å². The molecule has 1 unspecified atom stereocenters. The Balaban J connectivity index is 3.42. The summed E-state index contributed by atoms with van der Waals surface area (Å²) in [5, 5.41) is 8.38. The van der Waals surface area contributed by atoms with E-state index in [9.17, 15) is 9.59 Å². The third-order valence-corrected chi connectivity index (χ3v) is 2.00. The Bertz CT molecular complexity index is 206. The molecule has 3 N–H and O–H groups in total. The normalized spacial score (nSPS) is 12.1. The fourth-order valence-corrected chi connectivity index (χ4v) is 1.18. The molecule has 0 saturated heterocycles. The van der Waals surface area contributed by atoms with Crippen LogP contribution in [0.2, 0.25) is 0 Å². The molecule has 88 valence electrons. The number of aliphatic carboxylic acids is 1. The second-order valence-corrected chi connectivity index (χ2v) is 3.35. The van der Waals surface area contributed by atoms with Crippen LogP contribution in [-0.4, -0.2) is 29.7 Å². The molecule has 15 heavy (non-hydrogen) atoms. The number of esters is 1. The van der Waals surface area contributed by atoms with Crippen LogP contribution in [0.15, 0.2) is 0 Å². The number of unbranched alkanes of at least 4 members (excludes halogenated alkanes) is 2. The second kappa shape index (κ2) is 8.23. The molecule has 0 aromatic heterocycles. The van der Waals surface area contributed by atoms with E-state index in [2.05, 4.69) is 0 Å². The van der Waals surface area contributed by atoms with E-state index >= 15 is 0 Å². The van der Waals surface area contributed by atoms with Crippen molar-refractivity contribution in [3.05, 3.63) is 0 Å². The van der Waals surface area contributed by atoms with Crippen molar-refractivity contribution >= 4 is 11.9 Å². The number of carbonyl (C=O) groups is 2. The highest BCUT2D eigenvalue weighted by molar-refractivity contribution is 5.75. The SMILES string of the molecule is CCOC(=O)C(N)CCCCCC(=O)O. The van der Waals surface area contributed by atoms with Crippen LogP contribution in [0, 0.1) is 0 Å². The van der Waals surface area contributed by atoms with Gasteiger partial charge in [0.05, 0.1) is 6.61 Å². The summed E-state index contributed by atoms with van der Waals surface area (Å²) in [4.78, 5) is 21.3. The molecule has 0 radical (unpaired) electrons. The number of carbonyl (C=O) groups excluding carboxylic acids is 1. The lowest BCUT2D eigenvalue weighted by Gasteiger charge is -2.09. The van der Waals surface area contributed by atoms with Gasteiger partial charge in [0.15, 0.2) is 0 Å². The number of carboxylic acid groups (broad SMARTS) is 1. The van der Waals surface area contributed by atoms with Crippen molar-refractivity contribution in [1.82, 2.24) is 0 Å². The molecular formula is C10H19NO4. The minimum absolute atomic E-state index is 0.175. The van der Waals surface area contributed by atoms with Crippen molar-refractivity contribution in [3.63, 3.8) is 0 Å². The number of rotatable bonds is 8. The van der Waals surface area contributed by atoms with Crippen molar-refractivity contribution in [2.45, 2.75) is 45.1 Å². The van der Waals surface area contributed by atoms with Gasteiger partial charge in [-0.2, -0.15) is 0 Å². The number of ether oxygens (including phenoxy) is 1. The second-order valence-electron chi connectivity index (χ2n) is 3.35. The maximum Gasteiger partial charge on any atom is 0.322 e. The summed E-state index contributed by atoms with van der Waals surface area (Å²) >= 11 is 0. The van der Waals surface area contributed by atoms with E-state index in [-0.39, 0.29) is 12.4 Å². The Morgan fingerprint density at radius 1 is 1.33 bits per heavy atom. The summed E-state index contributed by atoms with van der Waals surface area (Å²) in [7, 11) is 0. The number of carboxylic acids is 1. The first-order valence-electron chi connectivity index (χ1n) is 5.22. The van der Waals surface area contributed by atoms with E-state index in [1.807, 2.05) is 0 Å². The maximum absolute atomic E-state index is 11.1. The van der Waals surface area contributed by atoms with Crippen molar-refractivity contribution in [2.24, 2.45) is 5.73 Å². The Labute approximate surface area is 89.6 Å². The Hall–Kier alpha value is -1.10. The minimum Gasteiger partial charge on any atom is -0.481 e. The van der Waals surface area contributed by atoms with Crippen LogP contribution in [0.3, 0.4) is 0 Å². The minimum atomic E-state index is -0.787. The van der Waals surface area contributed by atoms with Crippen molar-refractivity contribution in [1.29, 1.82) is 0 Å². The van der Waals surface area contributed by atoms with Gasteiger partial charge in [0.25, 0.3) is 0 Å². The molecule has 0 aromatic carbocycles. The molecule has 5 heteroatoms. The van der Waals surface area contributed by atoms with Gasteiger partial charge < -0.3 is 15.6 Å². The Kier molecular flexibility index (Phi) is 7.62. The van der Waals surface area contributed by atoms with Crippen molar-refractivity contribution in [2.75, 3.05) is 6.61 Å². The summed E-state index contributed by atoms with van der Waals surface area (Å²) in [6.07, 6.45) is 2.89. The molecule has 0 aromatic rings. The third-order valence-electron chi connectivity index (χ3n) is 2.00. The van der Waals surface area contributed by atoms with Crippen LogP contribution >= 0.6 is 0 Å². The smallest absolute Gasteiger partial charge is 0.322 e. The lowest BCUT2D eigenvalue weighted by Crippen LogP contribution is -2.32. The highest BCUT2D eigenvalue weighted by Gasteiger charge is 2.13. The fourth-order valence-electron chi connectivity index (χ4n) is 1.18. The van der Waals surface area contributed by atoms with E-state index in [0.717, 1.165) is 12.8 Å². The predicted octanol–water partition coefficient (Wildman–Crippen LogP) is 0.912. The zero-order chi connectivity index (χ0) is 11.7. The van der Waals surface area contributed by atoms with Gasteiger partial charge in [-0.05, 0) is 19.8 Å². The van der Waals surface area contributed by atoms with Gasteiger partial charge in [-0.3, -0.25) is 9.59 Å². The number of hydrogen-bond acceptors (Lipinski definition) is 4. The Morgan fingerprint density at radius 3 is 2.53 bits per heavy atom. The van der Waals surface area contributed by atoms with Crippen LogP contribution in [0.1, 0.15) is 39.0 Å². The summed E-state index contributed by atoms with van der Waals surface area (Å²) in [6, 6.07) is -0.574. The van der Waals surface area contributed by atoms with Crippen LogP contribution in [0.4, 0.5) is 0 Å². The van der Waals surface area contributed by atoms with Gasteiger partial charge in [0.1, 0.15) is 6.04 Å². The topological polar surface area (TPSA) is 89.6 Å². The molecule has 1 atom stereocenters. The number of hydrogen-bond donors (Lipinski definition) is 2. The van der Waals surface area contributed by atoms with Gasteiger partial charge in [-0.25, -0.2) is 0 Å². The summed E-state index contributed by atoms with van der Waals surface area (Å²) in [6.45, 7) is 2.07. The average molecular weight is 217 g/mol. The van der Waals surface area contributed by atoms with Crippen LogP contribution in [-0.2, 0) is 14.3 Å². The summed E-state index contributed by atoms with van der Waals surface area (Å²) < 4.78 is 4.74. The van der Waals surface area contributed by atoms with Crippen molar-refractivity contribution < 1.29 is 19.4 Å². The van der Waals surface area contributed by atoms with E-state index < -0.39 is 12.0 Å². The van der Waals surface area contributed by atoms with Crippen molar-refractivity contribution in [3.8, 4) is 0 Å². The first-order chi connectivity index (χ1) is 7.07. The molecule has 0 rings (SSSR count). The van der Waals surface area contributed by atoms with E-state index in [1.54, 1.807) is 6.92 Å². The Morgan fingerprint density at radius 2 is 2.00 bits per heavy atom. The summed E-state index contributed by atoms with van der Waals surface area (Å²) in [5.41, 5.74) is 5.55. The fraction of sp³-hybridized carbons (Fsp3) is 0.800. The predicted molar refractivity (Wildman–Crippen MR) is 55.3 cm³/mol. The lowest BCUT2D eigenvalue weighted by atomic mass is 10.1. The van der Waals surface area contributed by atoms with Crippen LogP contribution in [0.5, 0.6) is 0 Å². The third kappa shape index (κ3) is 7.93. The van der Waals surface area contributed by atoms with Gasteiger partial charge in [0, 0.05) is 6.42 Å². The molecule has 0 aliphatic rings. The molecule has 0 fully saturated rings. The van der Waals surface area contributed by atoms with Gasteiger partial charge in [-0.1, -0.05) is 12.8 Å². The van der Waals surface area contributed by atoms with E-state index in [4.69, 9.17) is 15.6 Å².